The zero-order chi connectivity index (χ0) is 21.2. The van der Waals surface area contributed by atoms with E-state index < -0.39 is 17.7 Å². The lowest BCUT2D eigenvalue weighted by Crippen LogP contribution is -2.29. The Morgan fingerprint density at radius 2 is 2.03 bits per heavy atom. The molecule has 1 saturated carbocycles. The molecule has 3 aromatic rings. The number of nitrogen functional groups attached to an aromatic ring is 1. The van der Waals surface area contributed by atoms with Gasteiger partial charge in [0.15, 0.2) is 5.79 Å². The summed E-state index contributed by atoms with van der Waals surface area (Å²) in [7, 11) is 0. The van der Waals surface area contributed by atoms with Crippen molar-refractivity contribution in [1.29, 1.82) is 0 Å². The van der Waals surface area contributed by atoms with Crippen LogP contribution in [0.1, 0.15) is 38.0 Å². The van der Waals surface area contributed by atoms with Gasteiger partial charge in [-0.05, 0) is 44.0 Å². The van der Waals surface area contributed by atoms with Gasteiger partial charge in [0.1, 0.15) is 29.7 Å². The van der Waals surface area contributed by atoms with E-state index in [1.54, 1.807) is 6.07 Å². The summed E-state index contributed by atoms with van der Waals surface area (Å²) >= 11 is 5.80. The Morgan fingerprint density at radius 3 is 2.80 bits per heavy atom. The van der Waals surface area contributed by atoms with Crippen LogP contribution in [0.3, 0.4) is 0 Å². The van der Waals surface area contributed by atoms with Crippen molar-refractivity contribution in [3.8, 4) is 0 Å². The zero-order valence-corrected chi connectivity index (χ0v) is 17.3. The van der Waals surface area contributed by atoms with Crippen molar-refractivity contribution in [3.63, 3.8) is 0 Å². The lowest BCUT2D eigenvalue weighted by Gasteiger charge is -2.27. The van der Waals surface area contributed by atoms with Gasteiger partial charge in [-0.15, -0.1) is 0 Å². The second-order valence-corrected chi connectivity index (χ2v) is 8.78. The number of aliphatic hydroxyl groups excluding tert-OH is 1. The Bertz CT molecular complexity index is 1120. The normalized spacial score (nSPS) is 28.7. The van der Waals surface area contributed by atoms with E-state index in [0.29, 0.717) is 23.4 Å². The number of fused-ring (bicyclic) bond motifs is 2. The summed E-state index contributed by atoms with van der Waals surface area (Å²) in [4.78, 5) is 8.44. The quantitative estimate of drug-likeness (QED) is 0.656. The number of aliphatic hydroxyl groups is 1. The second-order valence-electron chi connectivity index (χ2n) is 8.37. The first-order valence-electron chi connectivity index (χ1n) is 9.81. The summed E-state index contributed by atoms with van der Waals surface area (Å²) in [5, 5.41) is 11.9. The molecule has 3 N–H and O–H groups in total. The van der Waals surface area contributed by atoms with E-state index in [9.17, 15) is 9.50 Å². The minimum Gasteiger partial charge on any atom is -0.388 e. The van der Waals surface area contributed by atoms with Gasteiger partial charge in [-0.2, -0.15) is 0 Å². The zero-order valence-electron chi connectivity index (χ0n) is 16.5. The van der Waals surface area contributed by atoms with E-state index >= 15 is 0 Å². The molecule has 1 saturated heterocycles. The van der Waals surface area contributed by atoms with E-state index in [1.807, 2.05) is 30.7 Å². The van der Waals surface area contributed by atoms with Crippen LogP contribution in [0, 0.1) is 11.7 Å². The number of hydrogen-bond donors (Lipinski definition) is 2. The Hall–Kier alpha value is -2.26. The van der Waals surface area contributed by atoms with Crippen LogP contribution in [0.5, 0.6) is 0 Å². The molecular formula is C21H22ClFN4O3. The molecule has 0 spiro atoms. The lowest BCUT2D eigenvalue weighted by molar-refractivity contribution is -0.165. The van der Waals surface area contributed by atoms with Crippen molar-refractivity contribution in [2.75, 3.05) is 5.73 Å². The highest BCUT2D eigenvalue weighted by Gasteiger charge is 2.56. The molecule has 1 aromatic carbocycles. The fourth-order valence-electron chi connectivity index (χ4n) is 4.78. The molecule has 1 aliphatic carbocycles. The monoisotopic (exact) mass is 432 g/mol. The molecule has 3 heterocycles. The molecule has 2 fully saturated rings. The number of aromatic nitrogens is 3. The number of hydrogen-bond acceptors (Lipinski definition) is 6. The number of halogens is 2. The fraction of sp³-hybridized carbons (Fsp3) is 0.429. The Labute approximate surface area is 177 Å². The van der Waals surface area contributed by atoms with Crippen molar-refractivity contribution in [2.45, 2.75) is 50.4 Å². The average molecular weight is 433 g/mol. The van der Waals surface area contributed by atoms with Crippen LogP contribution in [0.25, 0.3) is 11.0 Å². The molecule has 158 valence electrons. The van der Waals surface area contributed by atoms with Crippen molar-refractivity contribution < 1.29 is 19.0 Å². The maximum Gasteiger partial charge on any atom is 0.163 e. The highest BCUT2D eigenvalue weighted by Crippen LogP contribution is 2.51. The SMILES string of the molecule is CC1(C)O[C@@H]2[C@@H]([C@H](O)c3ccc(Cl)c(F)c3)C[C@@H](n3ccc4c(N)ncnc43)[C@@H]2O1. The van der Waals surface area contributed by atoms with Crippen molar-refractivity contribution in [3.05, 3.63) is 53.2 Å². The predicted molar refractivity (Wildman–Crippen MR) is 109 cm³/mol. The van der Waals surface area contributed by atoms with E-state index in [4.69, 9.17) is 26.8 Å². The summed E-state index contributed by atoms with van der Waals surface area (Å²) in [6, 6.07) is 6.10. The second kappa shape index (κ2) is 6.88. The van der Waals surface area contributed by atoms with Gasteiger partial charge in [0.05, 0.1) is 28.7 Å². The van der Waals surface area contributed by atoms with Gasteiger partial charge in [-0.3, -0.25) is 0 Å². The van der Waals surface area contributed by atoms with E-state index in [-0.39, 0.29) is 29.2 Å². The van der Waals surface area contributed by atoms with Crippen LogP contribution in [0.2, 0.25) is 5.02 Å². The summed E-state index contributed by atoms with van der Waals surface area (Å²) in [6.07, 6.45) is 2.29. The smallest absolute Gasteiger partial charge is 0.163 e. The van der Waals surface area contributed by atoms with Crippen molar-refractivity contribution >= 4 is 28.5 Å². The third kappa shape index (κ3) is 3.06. The Kier molecular flexibility index (Phi) is 4.52. The summed E-state index contributed by atoms with van der Waals surface area (Å²) in [6.45, 7) is 3.70. The van der Waals surface area contributed by atoms with Crippen molar-refractivity contribution in [2.24, 2.45) is 5.92 Å². The minimum absolute atomic E-state index is 0.0193. The molecule has 0 unspecified atom stereocenters. The van der Waals surface area contributed by atoms with E-state index in [2.05, 4.69) is 9.97 Å². The van der Waals surface area contributed by atoms with Gasteiger partial charge >= 0.3 is 0 Å². The first kappa shape index (κ1) is 19.7. The number of ether oxygens (including phenoxy) is 2. The highest BCUT2D eigenvalue weighted by atomic mass is 35.5. The van der Waals surface area contributed by atoms with E-state index in [1.165, 1.54) is 18.5 Å². The third-order valence-corrected chi connectivity index (χ3v) is 6.37. The third-order valence-electron chi connectivity index (χ3n) is 6.07. The molecule has 2 aliphatic rings. The van der Waals surface area contributed by atoms with Crippen LogP contribution in [0.15, 0.2) is 36.8 Å². The average Bonchev–Trinajstić information content (AvgIpc) is 3.34. The molecule has 0 amide bonds. The predicted octanol–water partition coefficient (Wildman–Crippen LogP) is 3.62. The van der Waals surface area contributed by atoms with Crippen LogP contribution in [-0.4, -0.2) is 37.6 Å². The molecule has 5 atom stereocenters. The standard InChI is InChI=1S/C21H22ClFN4O3/c1-21(2)29-17-12(16(28)10-3-4-13(22)14(23)7-10)8-15(18(17)30-21)27-6-5-11-19(24)25-9-26-20(11)27/h3-7,9,12,15-18,28H,8H2,1-2H3,(H2,24,25,26)/t12-,15-,16-,17-,18+/m1/s1. The topological polar surface area (TPSA) is 95.4 Å². The summed E-state index contributed by atoms with van der Waals surface area (Å²) in [5.41, 5.74) is 7.15. The highest BCUT2D eigenvalue weighted by molar-refractivity contribution is 6.30. The number of benzene rings is 1. The van der Waals surface area contributed by atoms with Gasteiger partial charge in [-0.25, -0.2) is 14.4 Å². The molecule has 30 heavy (non-hydrogen) atoms. The number of nitrogens with two attached hydrogens (primary N) is 1. The Morgan fingerprint density at radius 1 is 1.27 bits per heavy atom. The molecule has 0 radical (unpaired) electrons. The van der Waals surface area contributed by atoms with Gasteiger partial charge in [0.2, 0.25) is 0 Å². The maximum atomic E-state index is 14.0. The van der Waals surface area contributed by atoms with Gasteiger partial charge in [-0.1, -0.05) is 17.7 Å². The largest absolute Gasteiger partial charge is 0.388 e. The number of nitrogens with zero attached hydrogens (tertiary/aromatic N) is 3. The first-order valence-corrected chi connectivity index (χ1v) is 10.2. The molecular weight excluding hydrogens is 411 g/mol. The molecule has 1 aliphatic heterocycles. The molecule has 5 rings (SSSR count). The van der Waals surface area contributed by atoms with Crippen LogP contribution >= 0.6 is 11.6 Å². The van der Waals surface area contributed by atoms with Crippen LogP contribution in [-0.2, 0) is 9.47 Å². The molecule has 7 nitrogen and oxygen atoms in total. The molecule has 0 bridgehead atoms. The van der Waals surface area contributed by atoms with Gasteiger partial charge in [0.25, 0.3) is 0 Å². The maximum absolute atomic E-state index is 14.0. The lowest BCUT2D eigenvalue weighted by atomic mass is 9.92. The summed E-state index contributed by atoms with van der Waals surface area (Å²) in [5.74, 6) is -1.26. The number of anilines is 1. The van der Waals surface area contributed by atoms with E-state index in [0.717, 1.165) is 5.39 Å². The molecule has 2 aromatic heterocycles. The van der Waals surface area contributed by atoms with Gasteiger partial charge < -0.3 is 24.9 Å². The first-order chi connectivity index (χ1) is 14.2. The summed E-state index contributed by atoms with van der Waals surface area (Å²) < 4.78 is 28.4. The minimum atomic E-state index is -0.937. The number of rotatable bonds is 3. The van der Waals surface area contributed by atoms with Gasteiger partial charge in [0, 0.05) is 12.1 Å². The Balaban J connectivity index is 1.54. The van der Waals surface area contributed by atoms with Crippen LogP contribution in [0.4, 0.5) is 10.2 Å². The fourth-order valence-corrected chi connectivity index (χ4v) is 4.89. The van der Waals surface area contributed by atoms with Crippen molar-refractivity contribution in [1.82, 2.24) is 14.5 Å². The van der Waals surface area contributed by atoms with Crippen LogP contribution < -0.4 is 5.73 Å². The molecule has 9 heteroatoms.